The molecule has 1 unspecified atom stereocenters. The predicted octanol–water partition coefficient (Wildman–Crippen LogP) is 3.01. The molecule has 14 heavy (non-hydrogen) atoms. The average Bonchev–Trinajstić information content (AvgIpc) is 2.18. The number of halogens is 1. The van der Waals surface area contributed by atoms with Gasteiger partial charge in [-0.25, -0.2) is 0 Å². The lowest BCUT2D eigenvalue weighted by atomic mass is 10.1. The number of ether oxygens (including phenoxy) is 1. The van der Waals surface area contributed by atoms with Crippen molar-refractivity contribution in [1.82, 2.24) is 0 Å². The lowest BCUT2D eigenvalue weighted by Gasteiger charge is -2.12. The number of para-hydroxylation sites is 1. The van der Waals surface area contributed by atoms with Gasteiger partial charge in [0.25, 0.3) is 0 Å². The SMILES string of the molecule is CC(C)C(Br)C(=O)Oc1ccccc1. The molecule has 0 spiro atoms. The average molecular weight is 257 g/mol. The zero-order valence-electron chi connectivity index (χ0n) is 8.24. The topological polar surface area (TPSA) is 26.3 Å². The molecule has 1 aromatic rings. The lowest BCUT2D eigenvalue weighted by molar-refractivity contribution is -0.134. The first kappa shape index (κ1) is 11.2. The second-order valence-corrected chi connectivity index (χ2v) is 4.37. The molecule has 3 heteroatoms. The molecular formula is C11H13BrO2. The van der Waals surface area contributed by atoms with Crippen LogP contribution in [0.3, 0.4) is 0 Å². The second-order valence-electron chi connectivity index (χ2n) is 3.38. The van der Waals surface area contributed by atoms with Crippen molar-refractivity contribution in [2.45, 2.75) is 18.7 Å². The van der Waals surface area contributed by atoms with Crippen molar-refractivity contribution in [2.24, 2.45) is 5.92 Å². The maximum absolute atomic E-state index is 11.5. The molecule has 0 saturated heterocycles. The molecule has 0 N–H and O–H groups in total. The van der Waals surface area contributed by atoms with E-state index in [1.807, 2.05) is 32.0 Å². The minimum absolute atomic E-state index is 0.228. The largest absolute Gasteiger partial charge is 0.426 e. The highest BCUT2D eigenvalue weighted by atomic mass is 79.9. The molecule has 0 aliphatic heterocycles. The van der Waals surface area contributed by atoms with Crippen LogP contribution in [0, 0.1) is 5.92 Å². The van der Waals surface area contributed by atoms with E-state index in [0.717, 1.165) is 0 Å². The Morgan fingerprint density at radius 2 is 1.86 bits per heavy atom. The molecule has 1 atom stereocenters. The van der Waals surface area contributed by atoms with Crippen molar-refractivity contribution in [3.8, 4) is 5.75 Å². The fourth-order valence-corrected chi connectivity index (χ4v) is 1.03. The summed E-state index contributed by atoms with van der Waals surface area (Å²) in [4.78, 5) is 11.2. The molecule has 1 rings (SSSR count). The number of hydrogen-bond donors (Lipinski definition) is 0. The Bertz CT molecular complexity index is 295. The van der Waals surface area contributed by atoms with E-state index in [4.69, 9.17) is 4.74 Å². The number of carbonyl (C=O) groups is 1. The first-order valence-electron chi connectivity index (χ1n) is 4.52. The Balaban J connectivity index is 2.58. The molecule has 0 amide bonds. The third-order valence-electron chi connectivity index (χ3n) is 1.77. The standard InChI is InChI=1S/C11H13BrO2/c1-8(2)10(12)11(13)14-9-6-4-3-5-7-9/h3-8,10H,1-2H3. The number of rotatable bonds is 3. The van der Waals surface area contributed by atoms with Gasteiger partial charge in [0, 0.05) is 0 Å². The van der Waals surface area contributed by atoms with E-state index in [-0.39, 0.29) is 16.7 Å². The van der Waals surface area contributed by atoms with Crippen molar-refractivity contribution < 1.29 is 9.53 Å². The Morgan fingerprint density at radius 1 is 1.29 bits per heavy atom. The van der Waals surface area contributed by atoms with Gasteiger partial charge in [-0.15, -0.1) is 0 Å². The van der Waals surface area contributed by atoms with Gasteiger partial charge in [0.2, 0.25) is 0 Å². The summed E-state index contributed by atoms with van der Waals surface area (Å²) in [7, 11) is 0. The van der Waals surface area contributed by atoms with Crippen molar-refractivity contribution in [2.75, 3.05) is 0 Å². The van der Waals surface area contributed by atoms with E-state index in [9.17, 15) is 4.79 Å². The Kier molecular flexibility index (Phi) is 4.14. The van der Waals surface area contributed by atoms with Crippen LogP contribution in [0.5, 0.6) is 5.75 Å². The minimum atomic E-state index is -0.247. The van der Waals surface area contributed by atoms with Crippen LogP contribution in [0.15, 0.2) is 30.3 Å². The summed E-state index contributed by atoms with van der Waals surface area (Å²) in [5.41, 5.74) is 0. The number of esters is 1. The van der Waals surface area contributed by atoms with Crippen LogP contribution in [0.1, 0.15) is 13.8 Å². The molecule has 0 radical (unpaired) electrons. The lowest BCUT2D eigenvalue weighted by Crippen LogP contribution is -2.24. The zero-order chi connectivity index (χ0) is 10.6. The van der Waals surface area contributed by atoms with Crippen LogP contribution in [0.25, 0.3) is 0 Å². The van der Waals surface area contributed by atoms with Gasteiger partial charge in [-0.1, -0.05) is 48.0 Å². The molecule has 0 fully saturated rings. The van der Waals surface area contributed by atoms with Gasteiger partial charge < -0.3 is 4.74 Å². The summed E-state index contributed by atoms with van der Waals surface area (Å²) in [6.45, 7) is 3.93. The van der Waals surface area contributed by atoms with Gasteiger partial charge in [-0.05, 0) is 18.1 Å². The zero-order valence-corrected chi connectivity index (χ0v) is 9.82. The van der Waals surface area contributed by atoms with Crippen LogP contribution in [0.2, 0.25) is 0 Å². The number of carbonyl (C=O) groups excluding carboxylic acids is 1. The van der Waals surface area contributed by atoms with E-state index in [1.165, 1.54) is 0 Å². The Labute approximate surface area is 92.4 Å². The predicted molar refractivity (Wildman–Crippen MR) is 59.6 cm³/mol. The second kappa shape index (κ2) is 5.15. The van der Waals surface area contributed by atoms with Crippen LogP contribution < -0.4 is 4.74 Å². The third kappa shape index (κ3) is 3.14. The molecule has 0 aliphatic carbocycles. The van der Waals surface area contributed by atoms with Crippen LogP contribution in [-0.4, -0.2) is 10.8 Å². The van der Waals surface area contributed by atoms with Crippen molar-refractivity contribution >= 4 is 21.9 Å². The van der Waals surface area contributed by atoms with E-state index in [0.29, 0.717) is 5.75 Å². The summed E-state index contributed by atoms with van der Waals surface area (Å²) < 4.78 is 5.15. The van der Waals surface area contributed by atoms with Crippen molar-refractivity contribution in [3.63, 3.8) is 0 Å². The molecule has 1 aromatic carbocycles. The van der Waals surface area contributed by atoms with Crippen LogP contribution in [0.4, 0.5) is 0 Å². The van der Waals surface area contributed by atoms with E-state index in [1.54, 1.807) is 12.1 Å². The fraction of sp³-hybridized carbons (Fsp3) is 0.364. The maximum atomic E-state index is 11.5. The van der Waals surface area contributed by atoms with Crippen molar-refractivity contribution in [3.05, 3.63) is 30.3 Å². The minimum Gasteiger partial charge on any atom is -0.426 e. The quantitative estimate of drug-likeness (QED) is 0.472. The molecular weight excluding hydrogens is 244 g/mol. The number of hydrogen-bond acceptors (Lipinski definition) is 2. The summed E-state index contributed by atoms with van der Waals surface area (Å²) in [5, 5.41) is 0. The van der Waals surface area contributed by atoms with Gasteiger partial charge in [-0.2, -0.15) is 0 Å². The Morgan fingerprint density at radius 3 is 2.36 bits per heavy atom. The molecule has 0 bridgehead atoms. The summed E-state index contributed by atoms with van der Waals surface area (Å²) in [6, 6.07) is 9.07. The van der Waals surface area contributed by atoms with Gasteiger partial charge >= 0.3 is 5.97 Å². The van der Waals surface area contributed by atoms with Gasteiger partial charge in [0.15, 0.2) is 0 Å². The maximum Gasteiger partial charge on any atom is 0.325 e. The van der Waals surface area contributed by atoms with Gasteiger partial charge in [0.1, 0.15) is 10.6 Å². The molecule has 0 heterocycles. The van der Waals surface area contributed by atoms with Crippen LogP contribution >= 0.6 is 15.9 Å². The van der Waals surface area contributed by atoms with Crippen molar-refractivity contribution in [1.29, 1.82) is 0 Å². The molecule has 0 saturated carbocycles. The molecule has 0 aromatic heterocycles. The number of benzene rings is 1. The third-order valence-corrected chi connectivity index (χ3v) is 3.20. The smallest absolute Gasteiger partial charge is 0.325 e. The molecule has 76 valence electrons. The first-order valence-corrected chi connectivity index (χ1v) is 5.43. The summed E-state index contributed by atoms with van der Waals surface area (Å²) in [6.07, 6.45) is 0. The highest BCUT2D eigenvalue weighted by Crippen LogP contribution is 2.16. The summed E-state index contributed by atoms with van der Waals surface area (Å²) in [5.74, 6) is 0.569. The van der Waals surface area contributed by atoms with Gasteiger partial charge in [0.05, 0.1) is 0 Å². The van der Waals surface area contributed by atoms with E-state index >= 15 is 0 Å². The molecule has 0 aliphatic rings. The molecule has 2 nitrogen and oxygen atoms in total. The normalized spacial score (nSPS) is 12.6. The van der Waals surface area contributed by atoms with E-state index < -0.39 is 0 Å². The highest BCUT2D eigenvalue weighted by molar-refractivity contribution is 9.10. The van der Waals surface area contributed by atoms with E-state index in [2.05, 4.69) is 15.9 Å². The first-order chi connectivity index (χ1) is 6.61. The Hall–Kier alpha value is -0.830. The van der Waals surface area contributed by atoms with Crippen LogP contribution in [-0.2, 0) is 4.79 Å². The highest BCUT2D eigenvalue weighted by Gasteiger charge is 2.20. The number of alkyl halides is 1. The fourth-order valence-electron chi connectivity index (χ4n) is 0.933. The monoisotopic (exact) mass is 256 g/mol. The summed E-state index contributed by atoms with van der Waals surface area (Å²) >= 11 is 3.29. The van der Waals surface area contributed by atoms with Gasteiger partial charge in [-0.3, -0.25) is 4.79 Å².